The fourth-order valence-electron chi connectivity index (χ4n) is 1.62. The zero-order valence-electron chi connectivity index (χ0n) is 13.5. The van der Waals surface area contributed by atoms with Crippen LogP contribution in [0.15, 0.2) is 24.3 Å². The molecule has 0 aliphatic rings. The Morgan fingerprint density at radius 1 is 0.913 bits per heavy atom. The summed E-state index contributed by atoms with van der Waals surface area (Å²) in [7, 11) is 1.35. The van der Waals surface area contributed by atoms with Gasteiger partial charge in [-0.3, -0.25) is 4.79 Å². The van der Waals surface area contributed by atoms with Crippen molar-refractivity contribution in [2.75, 3.05) is 59.1 Å². The predicted octanol–water partition coefficient (Wildman–Crippen LogP) is 1.26. The second kappa shape index (κ2) is 12.7. The second-order valence-corrected chi connectivity index (χ2v) is 4.55. The number of anilines is 1. The van der Waals surface area contributed by atoms with Crippen LogP contribution in [0, 0.1) is 0 Å². The Bertz CT molecular complexity index is 440. The lowest BCUT2D eigenvalue weighted by Crippen LogP contribution is -2.13. The van der Waals surface area contributed by atoms with Gasteiger partial charge in [0.25, 0.3) is 0 Å². The largest absolute Gasteiger partial charge is 0.489 e. The molecule has 0 atom stereocenters. The molecule has 0 amide bonds. The molecule has 7 nitrogen and oxygen atoms in total. The highest BCUT2D eigenvalue weighted by atomic mass is 16.6. The summed E-state index contributed by atoms with van der Waals surface area (Å²) >= 11 is 0. The maximum Gasteiger partial charge on any atom is 0.307 e. The van der Waals surface area contributed by atoms with Crippen molar-refractivity contribution in [2.24, 2.45) is 0 Å². The average Bonchev–Trinajstić information content (AvgIpc) is 2.57. The van der Waals surface area contributed by atoms with E-state index in [2.05, 4.69) is 4.74 Å². The molecule has 0 aromatic heterocycles. The monoisotopic (exact) mass is 327 g/mol. The molecule has 0 unspecified atom stereocenters. The van der Waals surface area contributed by atoms with Gasteiger partial charge in [-0.25, -0.2) is 0 Å². The molecular weight excluding hydrogens is 302 g/mol. The van der Waals surface area contributed by atoms with Crippen molar-refractivity contribution in [3.63, 3.8) is 0 Å². The van der Waals surface area contributed by atoms with E-state index >= 15 is 0 Å². The molecule has 7 heteroatoms. The smallest absolute Gasteiger partial charge is 0.307 e. The minimum Gasteiger partial charge on any atom is -0.489 e. The zero-order valence-corrected chi connectivity index (χ0v) is 13.5. The first-order valence-corrected chi connectivity index (χ1v) is 7.51. The normalized spacial score (nSPS) is 10.5. The third kappa shape index (κ3) is 9.72. The van der Waals surface area contributed by atoms with Crippen LogP contribution in [0.2, 0.25) is 0 Å². The van der Waals surface area contributed by atoms with Crippen LogP contribution >= 0.6 is 0 Å². The van der Waals surface area contributed by atoms with Gasteiger partial charge < -0.3 is 29.4 Å². The quantitative estimate of drug-likeness (QED) is 0.331. The van der Waals surface area contributed by atoms with E-state index < -0.39 is 0 Å². The number of benzene rings is 1. The number of para-hydroxylation sites is 2. The van der Waals surface area contributed by atoms with Crippen molar-refractivity contribution in [1.82, 2.24) is 0 Å². The molecule has 0 saturated carbocycles. The molecule has 1 aromatic rings. The number of ether oxygens (including phenoxy) is 5. The summed E-state index contributed by atoms with van der Waals surface area (Å²) in [5.41, 5.74) is 6.37. The van der Waals surface area contributed by atoms with Gasteiger partial charge in [0.15, 0.2) is 0 Å². The van der Waals surface area contributed by atoms with E-state index in [1.165, 1.54) is 7.11 Å². The maximum atomic E-state index is 10.8. The lowest BCUT2D eigenvalue weighted by atomic mass is 10.3. The van der Waals surface area contributed by atoms with Gasteiger partial charge in [0.1, 0.15) is 12.4 Å². The molecule has 23 heavy (non-hydrogen) atoms. The molecule has 1 aromatic carbocycles. The van der Waals surface area contributed by atoms with E-state index in [1.807, 2.05) is 18.2 Å². The van der Waals surface area contributed by atoms with Gasteiger partial charge in [0.2, 0.25) is 0 Å². The Kier molecular flexibility index (Phi) is 10.6. The number of hydrogen-bond acceptors (Lipinski definition) is 7. The summed E-state index contributed by atoms with van der Waals surface area (Å²) in [6.45, 7) is 3.10. The highest BCUT2D eigenvalue weighted by Crippen LogP contribution is 2.19. The van der Waals surface area contributed by atoms with E-state index in [1.54, 1.807) is 6.07 Å². The molecule has 0 spiro atoms. The SMILES string of the molecule is COC(=O)CCOCCOCCOCCOc1ccccc1N. The minimum absolute atomic E-state index is 0.255. The molecule has 1 rings (SSSR count). The summed E-state index contributed by atoms with van der Waals surface area (Å²) in [4.78, 5) is 10.8. The number of rotatable bonds is 13. The van der Waals surface area contributed by atoms with Gasteiger partial charge in [-0.1, -0.05) is 12.1 Å². The van der Waals surface area contributed by atoms with Crippen LogP contribution in [0.4, 0.5) is 5.69 Å². The van der Waals surface area contributed by atoms with Crippen molar-refractivity contribution in [1.29, 1.82) is 0 Å². The molecule has 0 fully saturated rings. The number of esters is 1. The number of nitrogens with two attached hydrogens (primary N) is 1. The van der Waals surface area contributed by atoms with Crippen molar-refractivity contribution < 1.29 is 28.5 Å². The minimum atomic E-state index is -0.279. The van der Waals surface area contributed by atoms with Crippen LogP contribution in [0.3, 0.4) is 0 Å². The highest BCUT2D eigenvalue weighted by molar-refractivity contribution is 5.69. The number of carbonyl (C=O) groups excluding carboxylic acids is 1. The third-order valence-corrected chi connectivity index (χ3v) is 2.83. The molecule has 0 radical (unpaired) electrons. The molecule has 0 saturated heterocycles. The molecule has 0 aliphatic heterocycles. The van der Waals surface area contributed by atoms with Crippen molar-refractivity contribution >= 4 is 11.7 Å². The lowest BCUT2D eigenvalue weighted by molar-refractivity contribution is -0.141. The topological polar surface area (TPSA) is 89.2 Å². The van der Waals surface area contributed by atoms with Gasteiger partial charge in [-0.15, -0.1) is 0 Å². The Balaban J connectivity index is 1.83. The maximum absolute atomic E-state index is 10.8. The third-order valence-electron chi connectivity index (χ3n) is 2.83. The molecule has 2 N–H and O–H groups in total. The van der Waals surface area contributed by atoms with Gasteiger partial charge in [-0.2, -0.15) is 0 Å². The van der Waals surface area contributed by atoms with E-state index in [0.29, 0.717) is 57.7 Å². The van der Waals surface area contributed by atoms with E-state index in [0.717, 1.165) is 0 Å². The summed E-state index contributed by atoms with van der Waals surface area (Å²) in [5.74, 6) is 0.384. The van der Waals surface area contributed by atoms with Crippen LogP contribution in [-0.2, 0) is 23.7 Å². The van der Waals surface area contributed by atoms with Crippen molar-refractivity contribution in [2.45, 2.75) is 6.42 Å². The first-order valence-electron chi connectivity index (χ1n) is 7.51. The first-order chi connectivity index (χ1) is 11.2. The zero-order chi connectivity index (χ0) is 16.8. The van der Waals surface area contributed by atoms with E-state index in [-0.39, 0.29) is 12.4 Å². The highest BCUT2D eigenvalue weighted by Gasteiger charge is 1.99. The van der Waals surface area contributed by atoms with Gasteiger partial charge in [0.05, 0.1) is 58.9 Å². The van der Waals surface area contributed by atoms with Crippen molar-refractivity contribution in [3.8, 4) is 5.75 Å². The Morgan fingerprint density at radius 3 is 2.09 bits per heavy atom. The predicted molar refractivity (Wildman–Crippen MR) is 85.4 cm³/mol. The van der Waals surface area contributed by atoms with E-state index in [4.69, 9.17) is 24.7 Å². The number of carbonyl (C=O) groups is 1. The second-order valence-electron chi connectivity index (χ2n) is 4.55. The Morgan fingerprint density at radius 2 is 1.48 bits per heavy atom. The summed E-state index contributed by atoms with van der Waals surface area (Å²) in [6, 6.07) is 7.33. The van der Waals surface area contributed by atoms with Gasteiger partial charge in [-0.05, 0) is 12.1 Å². The first kappa shape index (κ1) is 19.2. The van der Waals surface area contributed by atoms with Gasteiger partial charge >= 0.3 is 5.97 Å². The Labute approximate surface area is 136 Å². The standard InChI is InChI=1S/C16H25NO6/c1-19-16(18)6-7-20-8-9-21-10-11-22-12-13-23-15-5-3-2-4-14(15)17/h2-5H,6-13,17H2,1H3. The fraction of sp³-hybridized carbons (Fsp3) is 0.562. The number of nitrogen functional groups attached to an aromatic ring is 1. The van der Waals surface area contributed by atoms with E-state index in [9.17, 15) is 4.79 Å². The average molecular weight is 327 g/mol. The van der Waals surface area contributed by atoms with Crippen LogP contribution in [0.5, 0.6) is 5.75 Å². The van der Waals surface area contributed by atoms with Gasteiger partial charge in [0, 0.05) is 0 Å². The van der Waals surface area contributed by atoms with Crippen LogP contribution in [-0.4, -0.2) is 59.3 Å². The van der Waals surface area contributed by atoms with Crippen molar-refractivity contribution in [3.05, 3.63) is 24.3 Å². The molecular formula is C16H25NO6. The summed E-state index contributed by atoms with van der Waals surface area (Å²) < 4.78 is 25.9. The number of hydrogen-bond donors (Lipinski definition) is 1. The summed E-state index contributed by atoms with van der Waals surface area (Å²) in [5, 5.41) is 0. The molecule has 0 aliphatic carbocycles. The molecule has 0 bridgehead atoms. The van der Waals surface area contributed by atoms with Crippen LogP contribution < -0.4 is 10.5 Å². The Hall–Kier alpha value is -1.83. The fourth-order valence-corrected chi connectivity index (χ4v) is 1.62. The molecule has 0 heterocycles. The molecule has 130 valence electrons. The lowest BCUT2D eigenvalue weighted by Gasteiger charge is -2.09. The van der Waals surface area contributed by atoms with Crippen LogP contribution in [0.25, 0.3) is 0 Å². The van der Waals surface area contributed by atoms with Crippen LogP contribution in [0.1, 0.15) is 6.42 Å². The summed E-state index contributed by atoms with van der Waals surface area (Å²) in [6.07, 6.45) is 0.255. The number of methoxy groups -OCH3 is 1.